The molecule has 0 spiro atoms. The Hall–Kier alpha value is -2.53. The first-order valence-electron chi connectivity index (χ1n) is 9.51. The van der Waals surface area contributed by atoms with Gasteiger partial charge in [-0.15, -0.1) is 0 Å². The van der Waals surface area contributed by atoms with Gasteiger partial charge in [0.1, 0.15) is 11.8 Å². The van der Waals surface area contributed by atoms with Crippen LogP contribution in [0.3, 0.4) is 0 Å². The molecule has 6 heteroatoms. The summed E-state index contributed by atoms with van der Waals surface area (Å²) in [5, 5.41) is 3.36. The van der Waals surface area contributed by atoms with Gasteiger partial charge < -0.3 is 15.0 Å². The van der Waals surface area contributed by atoms with E-state index in [0.29, 0.717) is 31.0 Å². The van der Waals surface area contributed by atoms with Crippen molar-refractivity contribution in [3.8, 4) is 5.75 Å². The molecule has 2 amide bonds. The highest BCUT2D eigenvalue weighted by Crippen LogP contribution is 2.19. The molecule has 0 fully saturated rings. The largest absolute Gasteiger partial charge is 0.494 e. The normalized spacial score (nSPS) is 11.5. The van der Waals surface area contributed by atoms with Crippen LogP contribution >= 0.6 is 11.6 Å². The molecule has 0 radical (unpaired) electrons. The summed E-state index contributed by atoms with van der Waals surface area (Å²) in [6.45, 7) is 4.83. The van der Waals surface area contributed by atoms with E-state index in [-0.39, 0.29) is 18.4 Å². The van der Waals surface area contributed by atoms with Crippen LogP contribution in [-0.4, -0.2) is 35.9 Å². The quantitative estimate of drug-likeness (QED) is 0.610. The number of halogens is 1. The van der Waals surface area contributed by atoms with Crippen molar-refractivity contribution in [1.82, 2.24) is 10.2 Å². The SMILES string of the molecule is CCNC(=O)C(C)N(Cc1ccccc1Cl)C(=O)CCCOc1ccccc1. The minimum atomic E-state index is -0.584. The van der Waals surface area contributed by atoms with Gasteiger partial charge in [-0.3, -0.25) is 9.59 Å². The fourth-order valence-electron chi connectivity index (χ4n) is 2.79. The molecule has 5 nitrogen and oxygen atoms in total. The van der Waals surface area contributed by atoms with Crippen molar-refractivity contribution >= 4 is 23.4 Å². The molecule has 1 atom stereocenters. The number of hydrogen-bond donors (Lipinski definition) is 1. The third-order valence-electron chi connectivity index (χ3n) is 4.36. The molecule has 0 bridgehead atoms. The molecule has 0 aromatic heterocycles. The summed E-state index contributed by atoms with van der Waals surface area (Å²) >= 11 is 6.25. The van der Waals surface area contributed by atoms with E-state index in [2.05, 4.69) is 5.32 Å². The number of rotatable bonds is 10. The lowest BCUT2D eigenvalue weighted by molar-refractivity contribution is -0.140. The van der Waals surface area contributed by atoms with Crippen molar-refractivity contribution in [2.75, 3.05) is 13.2 Å². The second-order valence-electron chi connectivity index (χ2n) is 6.45. The summed E-state index contributed by atoms with van der Waals surface area (Å²) in [6, 6.07) is 16.3. The minimum absolute atomic E-state index is 0.102. The first-order valence-corrected chi connectivity index (χ1v) is 9.89. The van der Waals surface area contributed by atoms with Gasteiger partial charge in [-0.05, 0) is 44.0 Å². The van der Waals surface area contributed by atoms with Crippen molar-refractivity contribution in [3.05, 3.63) is 65.2 Å². The number of carbonyl (C=O) groups is 2. The summed E-state index contributed by atoms with van der Waals surface area (Å²) in [5.74, 6) is 0.498. The Morgan fingerprint density at radius 1 is 1.11 bits per heavy atom. The summed E-state index contributed by atoms with van der Waals surface area (Å²) in [5.41, 5.74) is 0.814. The van der Waals surface area contributed by atoms with Crippen LogP contribution in [0.25, 0.3) is 0 Å². The topological polar surface area (TPSA) is 58.6 Å². The Labute approximate surface area is 171 Å². The van der Waals surface area contributed by atoms with E-state index in [1.807, 2.05) is 55.5 Å². The number of para-hydroxylation sites is 1. The molecular weight excluding hydrogens is 376 g/mol. The molecule has 0 aliphatic carbocycles. The van der Waals surface area contributed by atoms with E-state index in [4.69, 9.17) is 16.3 Å². The Balaban J connectivity index is 1.99. The Morgan fingerprint density at radius 2 is 1.79 bits per heavy atom. The molecule has 0 saturated heterocycles. The molecule has 1 N–H and O–H groups in total. The zero-order chi connectivity index (χ0) is 20.4. The number of carbonyl (C=O) groups excluding carboxylic acids is 2. The second kappa shape index (κ2) is 11.3. The van der Waals surface area contributed by atoms with Crippen LogP contribution in [0.5, 0.6) is 5.75 Å². The average molecular weight is 403 g/mol. The van der Waals surface area contributed by atoms with Crippen LogP contribution in [0.2, 0.25) is 5.02 Å². The summed E-state index contributed by atoms with van der Waals surface area (Å²) in [6.07, 6.45) is 0.857. The minimum Gasteiger partial charge on any atom is -0.494 e. The van der Waals surface area contributed by atoms with Gasteiger partial charge in [0.05, 0.1) is 6.61 Å². The number of ether oxygens (including phenoxy) is 1. The van der Waals surface area contributed by atoms with Gasteiger partial charge >= 0.3 is 0 Å². The monoisotopic (exact) mass is 402 g/mol. The number of likely N-dealkylation sites (N-methyl/N-ethyl adjacent to an activating group) is 1. The highest BCUT2D eigenvalue weighted by Gasteiger charge is 2.26. The van der Waals surface area contributed by atoms with Crippen LogP contribution in [-0.2, 0) is 16.1 Å². The Kier molecular flexibility index (Phi) is 8.82. The van der Waals surface area contributed by atoms with E-state index in [1.165, 1.54) is 0 Å². The number of amides is 2. The van der Waals surface area contributed by atoms with Gasteiger partial charge in [0, 0.05) is 24.5 Å². The van der Waals surface area contributed by atoms with Gasteiger partial charge in [0.15, 0.2) is 0 Å². The van der Waals surface area contributed by atoms with E-state index in [1.54, 1.807) is 17.9 Å². The van der Waals surface area contributed by atoms with E-state index < -0.39 is 6.04 Å². The first-order chi connectivity index (χ1) is 13.5. The van der Waals surface area contributed by atoms with Crippen molar-refractivity contribution in [3.63, 3.8) is 0 Å². The Morgan fingerprint density at radius 3 is 2.46 bits per heavy atom. The lowest BCUT2D eigenvalue weighted by atomic mass is 10.1. The lowest BCUT2D eigenvalue weighted by Crippen LogP contribution is -2.47. The van der Waals surface area contributed by atoms with E-state index in [0.717, 1.165) is 11.3 Å². The fraction of sp³-hybridized carbons (Fsp3) is 0.364. The number of benzene rings is 2. The lowest BCUT2D eigenvalue weighted by Gasteiger charge is -2.29. The molecule has 2 aromatic rings. The number of nitrogens with one attached hydrogen (secondary N) is 1. The van der Waals surface area contributed by atoms with Crippen molar-refractivity contribution < 1.29 is 14.3 Å². The molecule has 0 aliphatic rings. The van der Waals surface area contributed by atoms with Gasteiger partial charge in [0.25, 0.3) is 0 Å². The van der Waals surface area contributed by atoms with Gasteiger partial charge in [-0.2, -0.15) is 0 Å². The van der Waals surface area contributed by atoms with Crippen LogP contribution in [0.15, 0.2) is 54.6 Å². The van der Waals surface area contributed by atoms with Crippen molar-refractivity contribution in [2.24, 2.45) is 0 Å². The highest BCUT2D eigenvalue weighted by atomic mass is 35.5. The molecule has 2 rings (SSSR count). The summed E-state index contributed by atoms with van der Waals surface area (Å²) in [7, 11) is 0. The predicted molar refractivity (Wildman–Crippen MR) is 111 cm³/mol. The van der Waals surface area contributed by atoms with Gasteiger partial charge in [-0.1, -0.05) is 48.0 Å². The summed E-state index contributed by atoms with van der Waals surface area (Å²) in [4.78, 5) is 26.8. The fourth-order valence-corrected chi connectivity index (χ4v) is 2.98. The van der Waals surface area contributed by atoms with Gasteiger partial charge in [0.2, 0.25) is 11.8 Å². The van der Waals surface area contributed by atoms with E-state index >= 15 is 0 Å². The molecular formula is C22H27ClN2O3. The third kappa shape index (κ3) is 6.57. The highest BCUT2D eigenvalue weighted by molar-refractivity contribution is 6.31. The van der Waals surface area contributed by atoms with Crippen molar-refractivity contribution in [2.45, 2.75) is 39.3 Å². The molecule has 2 aromatic carbocycles. The predicted octanol–water partition coefficient (Wildman–Crippen LogP) is 4.05. The second-order valence-corrected chi connectivity index (χ2v) is 6.86. The third-order valence-corrected chi connectivity index (χ3v) is 4.73. The maximum absolute atomic E-state index is 12.9. The van der Waals surface area contributed by atoms with Crippen LogP contribution in [0, 0.1) is 0 Å². The molecule has 0 heterocycles. The van der Waals surface area contributed by atoms with Crippen molar-refractivity contribution in [1.29, 1.82) is 0 Å². The van der Waals surface area contributed by atoms with Crippen LogP contribution < -0.4 is 10.1 Å². The number of hydrogen-bond acceptors (Lipinski definition) is 3. The maximum Gasteiger partial charge on any atom is 0.242 e. The zero-order valence-corrected chi connectivity index (χ0v) is 17.1. The smallest absolute Gasteiger partial charge is 0.242 e. The summed E-state index contributed by atoms with van der Waals surface area (Å²) < 4.78 is 5.65. The van der Waals surface area contributed by atoms with Crippen LogP contribution in [0.4, 0.5) is 0 Å². The number of nitrogens with zero attached hydrogens (tertiary/aromatic N) is 1. The molecule has 28 heavy (non-hydrogen) atoms. The standard InChI is InChI=1S/C22H27ClN2O3/c1-3-24-22(27)17(2)25(16-18-10-7-8-13-20(18)23)21(26)14-9-15-28-19-11-5-4-6-12-19/h4-8,10-13,17H,3,9,14-16H2,1-2H3,(H,24,27). The molecule has 1 unspecified atom stereocenters. The molecule has 150 valence electrons. The molecule has 0 aliphatic heterocycles. The van der Waals surface area contributed by atoms with Crippen LogP contribution in [0.1, 0.15) is 32.3 Å². The maximum atomic E-state index is 12.9. The van der Waals surface area contributed by atoms with E-state index in [9.17, 15) is 9.59 Å². The first kappa shape index (κ1) is 21.8. The van der Waals surface area contributed by atoms with Gasteiger partial charge in [-0.25, -0.2) is 0 Å². The average Bonchev–Trinajstić information content (AvgIpc) is 2.71. The molecule has 0 saturated carbocycles. The zero-order valence-electron chi connectivity index (χ0n) is 16.4. The Bertz CT molecular complexity index is 767.